The fraction of sp³-hybridized carbons (Fsp3) is 0. The Hall–Kier alpha value is -1.81. The van der Waals surface area contributed by atoms with E-state index in [0.717, 1.165) is 0 Å². The Bertz CT molecular complexity index is 508. The van der Waals surface area contributed by atoms with Gasteiger partial charge in [-0.2, -0.15) is 0 Å². The maximum absolute atomic E-state index is 10.9. The number of carboxylic acids is 1. The van der Waals surface area contributed by atoms with Crippen molar-refractivity contribution in [2.24, 2.45) is 0 Å². The first-order valence-corrected chi connectivity index (χ1v) is 4.59. The molecule has 5 heteroatoms. The molecule has 0 spiro atoms. The molecular weight excluding hydrogens is 216 g/mol. The van der Waals surface area contributed by atoms with Crippen LogP contribution in [0.1, 0.15) is 10.5 Å². The number of nitrogens with zero attached hydrogens (tertiary/aromatic N) is 1. The summed E-state index contributed by atoms with van der Waals surface area (Å²) in [6, 6.07) is 6.97. The van der Waals surface area contributed by atoms with Crippen molar-refractivity contribution in [3.63, 3.8) is 0 Å². The van der Waals surface area contributed by atoms with Crippen LogP contribution < -0.4 is 0 Å². The van der Waals surface area contributed by atoms with Gasteiger partial charge in [-0.15, -0.1) is 0 Å². The monoisotopic (exact) mass is 222 g/mol. The van der Waals surface area contributed by atoms with E-state index in [1.807, 2.05) is 0 Å². The van der Waals surface area contributed by atoms with Gasteiger partial charge in [0.05, 0.1) is 11.3 Å². The lowest BCUT2D eigenvalue weighted by Gasteiger charge is -2.01. The second kappa shape index (κ2) is 3.74. The van der Waals surface area contributed by atoms with Crippen molar-refractivity contribution in [2.75, 3.05) is 0 Å². The summed E-state index contributed by atoms with van der Waals surface area (Å²) in [5, 5.41) is 9.37. The third-order valence-electron chi connectivity index (χ3n) is 1.98. The average molecular weight is 223 g/mol. The Morgan fingerprint density at radius 1 is 1.40 bits per heavy atom. The number of carbonyl (C=O) groups is 1. The smallest absolute Gasteiger partial charge is 0.354 e. The van der Waals surface area contributed by atoms with E-state index in [0.29, 0.717) is 16.3 Å². The zero-order valence-electron chi connectivity index (χ0n) is 7.57. The lowest BCUT2D eigenvalue weighted by atomic mass is 10.1. The van der Waals surface area contributed by atoms with Crippen molar-refractivity contribution in [1.82, 2.24) is 9.97 Å². The molecule has 0 saturated heterocycles. The van der Waals surface area contributed by atoms with Crippen molar-refractivity contribution in [3.05, 3.63) is 41.3 Å². The topological polar surface area (TPSA) is 66.0 Å². The molecular formula is C10H7ClN2O2. The first kappa shape index (κ1) is 9.73. The van der Waals surface area contributed by atoms with E-state index < -0.39 is 5.97 Å². The molecule has 0 aliphatic rings. The van der Waals surface area contributed by atoms with Crippen molar-refractivity contribution in [1.29, 1.82) is 0 Å². The number of aromatic carboxylic acids is 1. The van der Waals surface area contributed by atoms with Crippen LogP contribution in [0.5, 0.6) is 0 Å². The molecule has 2 N–H and O–H groups in total. The highest BCUT2D eigenvalue weighted by molar-refractivity contribution is 6.33. The maximum Gasteiger partial charge on any atom is 0.354 e. The minimum absolute atomic E-state index is 0.0445. The van der Waals surface area contributed by atoms with Crippen molar-refractivity contribution < 1.29 is 9.90 Å². The van der Waals surface area contributed by atoms with E-state index in [1.165, 1.54) is 6.33 Å². The molecule has 0 aliphatic heterocycles. The summed E-state index contributed by atoms with van der Waals surface area (Å²) >= 11 is 5.95. The molecule has 4 nitrogen and oxygen atoms in total. The summed E-state index contributed by atoms with van der Waals surface area (Å²) in [4.78, 5) is 17.4. The van der Waals surface area contributed by atoms with Crippen molar-refractivity contribution in [2.45, 2.75) is 0 Å². The van der Waals surface area contributed by atoms with E-state index in [1.54, 1.807) is 24.3 Å². The van der Waals surface area contributed by atoms with Gasteiger partial charge in [0, 0.05) is 5.56 Å². The molecule has 1 aromatic carbocycles. The Kier molecular flexibility index (Phi) is 2.43. The number of hydrogen-bond donors (Lipinski definition) is 2. The van der Waals surface area contributed by atoms with Crippen LogP contribution in [0.4, 0.5) is 0 Å². The van der Waals surface area contributed by atoms with Crippen LogP contribution >= 0.6 is 11.6 Å². The first-order chi connectivity index (χ1) is 7.20. The van der Waals surface area contributed by atoms with Crippen LogP contribution in [0.2, 0.25) is 5.02 Å². The standard InChI is InChI=1S/C10H7ClN2O2/c11-7-4-2-1-3-6(7)8-9(10(14)15)13-5-12-8/h1-5H,(H,12,13)(H,14,15). The number of hydrogen-bond acceptors (Lipinski definition) is 2. The number of H-pyrrole nitrogens is 1. The summed E-state index contributed by atoms with van der Waals surface area (Å²) in [7, 11) is 0. The van der Waals surface area contributed by atoms with Gasteiger partial charge in [0.1, 0.15) is 5.69 Å². The second-order valence-corrected chi connectivity index (χ2v) is 3.32. The van der Waals surface area contributed by atoms with Gasteiger partial charge >= 0.3 is 5.97 Å². The Morgan fingerprint density at radius 2 is 2.13 bits per heavy atom. The molecule has 0 radical (unpaired) electrons. The minimum atomic E-state index is -1.05. The van der Waals surface area contributed by atoms with E-state index in [-0.39, 0.29) is 5.69 Å². The molecule has 0 aliphatic carbocycles. The number of imidazole rings is 1. The van der Waals surface area contributed by atoms with E-state index >= 15 is 0 Å². The van der Waals surface area contributed by atoms with Gasteiger partial charge in [0.25, 0.3) is 0 Å². The second-order valence-electron chi connectivity index (χ2n) is 2.91. The largest absolute Gasteiger partial charge is 0.477 e. The minimum Gasteiger partial charge on any atom is -0.477 e. The number of aromatic amines is 1. The van der Waals surface area contributed by atoms with Gasteiger partial charge in [0.2, 0.25) is 0 Å². The number of halogens is 1. The third-order valence-corrected chi connectivity index (χ3v) is 2.31. The van der Waals surface area contributed by atoms with Gasteiger partial charge in [-0.1, -0.05) is 29.8 Å². The van der Waals surface area contributed by atoms with Crippen molar-refractivity contribution in [3.8, 4) is 11.3 Å². The highest BCUT2D eigenvalue weighted by atomic mass is 35.5. The number of carboxylic acid groups (broad SMARTS) is 1. The van der Waals surface area contributed by atoms with Crippen LogP contribution in [0.15, 0.2) is 30.6 Å². The molecule has 1 heterocycles. The molecule has 0 amide bonds. The molecule has 0 unspecified atom stereocenters. The Balaban J connectivity index is 2.59. The van der Waals surface area contributed by atoms with E-state index in [9.17, 15) is 4.79 Å². The van der Waals surface area contributed by atoms with Crippen molar-refractivity contribution >= 4 is 17.6 Å². The fourth-order valence-electron chi connectivity index (χ4n) is 1.31. The number of benzene rings is 1. The molecule has 15 heavy (non-hydrogen) atoms. The highest BCUT2D eigenvalue weighted by Crippen LogP contribution is 2.27. The van der Waals surface area contributed by atoms with Gasteiger partial charge in [-0.25, -0.2) is 9.78 Å². The normalized spacial score (nSPS) is 10.2. The van der Waals surface area contributed by atoms with Crippen LogP contribution in [0, 0.1) is 0 Å². The van der Waals surface area contributed by atoms with E-state index in [2.05, 4.69) is 9.97 Å². The quantitative estimate of drug-likeness (QED) is 0.820. The van der Waals surface area contributed by atoms with Crippen LogP contribution in [-0.2, 0) is 0 Å². The number of nitrogens with one attached hydrogen (secondary N) is 1. The zero-order chi connectivity index (χ0) is 10.8. The molecule has 0 bridgehead atoms. The molecule has 2 aromatic rings. The SMILES string of the molecule is O=C(O)c1[nH]cnc1-c1ccccc1Cl. The zero-order valence-corrected chi connectivity index (χ0v) is 8.32. The first-order valence-electron chi connectivity index (χ1n) is 4.21. The van der Waals surface area contributed by atoms with Crippen LogP contribution in [0.25, 0.3) is 11.3 Å². The predicted molar refractivity (Wildman–Crippen MR) is 56.0 cm³/mol. The maximum atomic E-state index is 10.9. The summed E-state index contributed by atoms with van der Waals surface area (Å²) in [5.41, 5.74) is 1.01. The van der Waals surface area contributed by atoms with Gasteiger partial charge in [-0.05, 0) is 6.07 Å². The Morgan fingerprint density at radius 3 is 2.80 bits per heavy atom. The molecule has 0 fully saturated rings. The highest BCUT2D eigenvalue weighted by Gasteiger charge is 2.16. The lowest BCUT2D eigenvalue weighted by molar-refractivity contribution is 0.0692. The number of aromatic nitrogens is 2. The molecule has 1 aromatic heterocycles. The Labute approximate surface area is 90.5 Å². The third kappa shape index (κ3) is 1.71. The van der Waals surface area contributed by atoms with Gasteiger partial charge in [-0.3, -0.25) is 0 Å². The summed E-state index contributed by atoms with van der Waals surface area (Å²) in [6.07, 6.45) is 1.34. The van der Waals surface area contributed by atoms with Gasteiger partial charge in [0.15, 0.2) is 5.69 Å². The van der Waals surface area contributed by atoms with E-state index in [4.69, 9.17) is 16.7 Å². The fourth-order valence-corrected chi connectivity index (χ4v) is 1.54. The molecule has 2 rings (SSSR count). The number of rotatable bonds is 2. The molecule has 0 saturated carbocycles. The van der Waals surface area contributed by atoms with Gasteiger partial charge < -0.3 is 10.1 Å². The summed E-state index contributed by atoms with van der Waals surface area (Å²) in [6.45, 7) is 0. The molecule has 0 atom stereocenters. The summed E-state index contributed by atoms with van der Waals surface area (Å²) in [5.74, 6) is -1.05. The predicted octanol–water partition coefficient (Wildman–Crippen LogP) is 2.43. The summed E-state index contributed by atoms with van der Waals surface area (Å²) < 4.78 is 0. The molecule has 76 valence electrons. The lowest BCUT2D eigenvalue weighted by Crippen LogP contribution is -1.99. The van der Waals surface area contributed by atoms with Crippen LogP contribution in [0.3, 0.4) is 0 Å². The average Bonchev–Trinajstić information content (AvgIpc) is 2.67. The van der Waals surface area contributed by atoms with Crippen LogP contribution in [-0.4, -0.2) is 21.0 Å².